The second-order valence-corrected chi connectivity index (χ2v) is 8.55. The first-order valence-corrected chi connectivity index (χ1v) is 10.4. The Bertz CT molecular complexity index is 914. The maximum Gasteiger partial charge on any atom is 0.243 e. The van der Waals surface area contributed by atoms with Crippen molar-refractivity contribution in [1.29, 1.82) is 0 Å². The number of carbonyl (C=O) groups is 1. The van der Waals surface area contributed by atoms with Gasteiger partial charge in [0.15, 0.2) is 5.78 Å². The zero-order valence-electron chi connectivity index (χ0n) is 14.3. The zero-order valence-corrected chi connectivity index (χ0v) is 15.8. The summed E-state index contributed by atoms with van der Waals surface area (Å²) in [7, 11) is -3.48. The van der Waals surface area contributed by atoms with E-state index in [9.17, 15) is 13.2 Å². The van der Waals surface area contributed by atoms with E-state index in [2.05, 4.69) is 0 Å². The van der Waals surface area contributed by atoms with Crippen LogP contribution in [0.3, 0.4) is 0 Å². The molecule has 0 bridgehead atoms. The first-order chi connectivity index (χ1) is 12.5. The standard InChI is InChI=1S/C20H20ClNO3S/c21-19-7-3-2-6-16(19)10-13-20(23)17-8-11-18(12-9-17)26(24,25)22-14-4-1-5-15-22/h2-3,6-13H,1,4-5,14-15H2/b13-10+. The SMILES string of the molecule is O=C(/C=C/c1ccccc1Cl)c1ccc(S(=O)(=O)N2CCCCC2)cc1. The summed E-state index contributed by atoms with van der Waals surface area (Å²) >= 11 is 6.06. The molecule has 1 aliphatic heterocycles. The molecular formula is C20H20ClNO3S. The minimum Gasteiger partial charge on any atom is -0.289 e. The van der Waals surface area contributed by atoms with Gasteiger partial charge in [0, 0.05) is 23.7 Å². The monoisotopic (exact) mass is 389 g/mol. The molecule has 0 atom stereocenters. The largest absolute Gasteiger partial charge is 0.289 e. The van der Waals surface area contributed by atoms with Crippen LogP contribution in [-0.4, -0.2) is 31.6 Å². The molecular weight excluding hydrogens is 370 g/mol. The molecule has 1 heterocycles. The lowest BCUT2D eigenvalue weighted by Crippen LogP contribution is -2.35. The second-order valence-electron chi connectivity index (χ2n) is 6.21. The topological polar surface area (TPSA) is 54.5 Å². The van der Waals surface area contributed by atoms with Gasteiger partial charge >= 0.3 is 0 Å². The van der Waals surface area contributed by atoms with Crippen LogP contribution < -0.4 is 0 Å². The predicted molar refractivity (Wildman–Crippen MR) is 104 cm³/mol. The number of hydrogen-bond acceptors (Lipinski definition) is 3. The van der Waals surface area contributed by atoms with Gasteiger partial charge in [-0.1, -0.05) is 36.2 Å². The van der Waals surface area contributed by atoms with Gasteiger partial charge in [0.1, 0.15) is 0 Å². The fourth-order valence-electron chi connectivity index (χ4n) is 2.92. The molecule has 0 saturated carbocycles. The molecule has 0 aliphatic carbocycles. The van der Waals surface area contributed by atoms with Crippen LogP contribution in [0.5, 0.6) is 0 Å². The Balaban J connectivity index is 1.75. The summed E-state index contributed by atoms with van der Waals surface area (Å²) in [6.07, 6.45) is 5.95. The van der Waals surface area contributed by atoms with Crippen molar-refractivity contribution in [3.8, 4) is 0 Å². The smallest absolute Gasteiger partial charge is 0.243 e. The quantitative estimate of drug-likeness (QED) is 0.562. The van der Waals surface area contributed by atoms with Crippen LogP contribution >= 0.6 is 11.6 Å². The van der Waals surface area contributed by atoms with Crippen LogP contribution in [0.25, 0.3) is 6.08 Å². The van der Waals surface area contributed by atoms with Crippen LogP contribution in [-0.2, 0) is 10.0 Å². The van der Waals surface area contributed by atoms with E-state index in [0.717, 1.165) is 24.8 Å². The lowest BCUT2D eigenvalue weighted by atomic mass is 10.1. The molecule has 1 aliphatic rings. The molecule has 6 heteroatoms. The maximum atomic E-state index is 12.6. The molecule has 4 nitrogen and oxygen atoms in total. The summed E-state index contributed by atoms with van der Waals surface area (Å²) in [4.78, 5) is 12.5. The molecule has 2 aromatic carbocycles. The van der Waals surface area contributed by atoms with Crippen LogP contribution in [0.1, 0.15) is 35.2 Å². The Morgan fingerprint density at radius 1 is 0.962 bits per heavy atom. The molecule has 1 fully saturated rings. The number of ketones is 1. The molecule has 2 aromatic rings. The Morgan fingerprint density at radius 2 is 1.62 bits per heavy atom. The molecule has 3 rings (SSSR count). The molecule has 0 radical (unpaired) electrons. The van der Waals surface area contributed by atoms with Gasteiger partial charge in [-0.3, -0.25) is 4.79 Å². The van der Waals surface area contributed by atoms with E-state index in [1.165, 1.54) is 22.5 Å². The maximum absolute atomic E-state index is 12.6. The van der Waals surface area contributed by atoms with E-state index < -0.39 is 10.0 Å². The summed E-state index contributed by atoms with van der Waals surface area (Å²) in [5.74, 6) is -0.202. The number of piperidine rings is 1. The number of halogens is 1. The van der Waals surface area contributed by atoms with Crippen LogP contribution in [0, 0.1) is 0 Å². The highest BCUT2D eigenvalue weighted by Gasteiger charge is 2.25. The number of sulfonamides is 1. The minimum atomic E-state index is -3.48. The Kier molecular flexibility index (Phi) is 5.91. The fraction of sp³-hybridized carbons (Fsp3) is 0.250. The summed E-state index contributed by atoms with van der Waals surface area (Å²) < 4.78 is 26.8. The van der Waals surface area contributed by atoms with Crippen molar-refractivity contribution in [1.82, 2.24) is 4.31 Å². The molecule has 0 spiro atoms. The van der Waals surface area contributed by atoms with Gasteiger partial charge in [-0.25, -0.2) is 8.42 Å². The van der Waals surface area contributed by atoms with Gasteiger partial charge in [-0.2, -0.15) is 4.31 Å². The van der Waals surface area contributed by atoms with Crippen molar-refractivity contribution in [2.45, 2.75) is 24.2 Å². The number of allylic oxidation sites excluding steroid dienone is 1. The fourth-order valence-corrected chi connectivity index (χ4v) is 4.63. The van der Waals surface area contributed by atoms with E-state index in [4.69, 9.17) is 11.6 Å². The van der Waals surface area contributed by atoms with Crippen molar-refractivity contribution in [3.05, 3.63) is 70.8 Å². The number of nitrogens with zero attached hydrogens (tertiary/aromatic N) is 1. The van der Waals surface area contributed by atoms with Crippen molar-refractivity contribution in [2.75, 3.05) is 13.1 Å². The van der Waals surface area contributed by atoms with E-state index in [0.29, 0.717) is 23.7 Å². The predicted octanol–water partition coefficient (Wildman–Crippen LogP) is 4.41. The van der Waals surface area contributed by atoms with Gasteiger partial charge in [-0.15, -0.1) is 0 Å². The summed E-state index contributed by atoms with van der Waals surface area (Å²) in [6.45, 7) is 1.12. The second kappa shape index (κ2) is 8.16. The average molecular weight is 390 g/mol. The van der Waals surface area contributed by atoms with Crippen molar-refractivity contribution in [2.24, 2.45) is 0 Å². The van der Waals surface area contributed by atoms with E-state index in [1.54, 1.807) is 24.3 Å². The summed E-state index contributed by atoms with van der Waals surface area (Å²) in [5.41, 5.74) is 1.19. The van der Waals surface area contributed by atoms with Crippen molar-refractivity contribution < 1.29 is 13.2 Å². The van der Waals surface area contributed by atoms with E-state index in [1.807, 2.05) is 18.2 Å². The highest BCUT2D eigenvalue weighted by atomic mass is 35.5. The van der Waals surface area contributed by atoms with Gasteiger partial charge in [0.05, 0.1) is 4.90 Å². The molecule has 0 unspecified atom stereocenters. The summed E-state index contributed by atoms with van der Waals surface area (Å²) in [6, 6.07) is 13.3. The molecule has 26 heavy (non-hydrogen) atoms. The molecule has 0 amide bonds. The number of benzene rings is 2. The van der Waals surface area contributed by atoms with Crippen LogP contribution in [0.2, 0.25) is 5.02 Å². The molecule has 1 saturated heterocycles. The number of carbonyl (C=O) groups excluding carboxylic acids is 1. The third-order valence-electron chi connectivity index (χ3n) is 4.41. The Morgan fingerprint density at radius 3 is 2.27 bits per heavy atom. The van der Waals surface area contributed by atoms with Crippen LogP contribution in [0.4, 0.5) is 0 Å². The molecule has 136 valence electrons. The average Bonchev–Trinajstić information content (AvgIpc) is 2.68. The van der Waals surface area contributed by atoms with E-state index in [-0.39, 0.29) is 10.7 Å². The van der Waals surface area contributed by atoms with Gasteiger partial charge < -0.3 is 0 Å². The lowest BCUT2D eigenvalue weighted by molar-refractivity contribution is 0.104. The number of hydrogen-bond donors (Lipinski definition) is 0. The van der Waals surface area contributed by atoms with Gasteiger partial charge in [-0.05, 0) is 60.9 Å². The third kappa shape index (κ3) is 4.23. The molecule has 0 N–H and O–H groups in total. The highest BCUT2D eigenvalue weighted by molar-refractivity contribution is 7.89. The first-order valence-electron chi connectivity index (χ1n) is 8.55. The van der Waals surface area contributed by atoms with E-state index >= 15 is 0 Å². The summed E-state index contributed by atoms with van der Waals surface area (Å²) in [5, 5.41) is 0.569. The highest BCUT2D eigenvalue weighted by Crippen LogP contribution is 2.21. The number of rotatable bonds is 5. The normalized spacial score (nSPS) is 16.0. The zero-order chi connectivity index (χ0) is 18.6. The van der Waals surface area contributed by atoms with Crippen molar-refractivity contribution in [3.63, 3.8) is 0 Å². The third-order valence-corrected chi connectivity index (χ3v) is 6.67. The first kappa shape index (κ1) is 18.8. The Hall–Kier alpha value is -1.95. The Labute approximate surface area is 159 Å². The van der Waals surface area contributed by atoms with Gasteiger partial charge in [0.2, 0.25) is 10.0 Å². The minimum absolute atomic E-state index is 0.202. The molecule has 0 aromatic heterocycles. The van der Waals surface area contributed by atoms with Gasteiger partial charge in [0.25, 0.3) is 0 Å². The van der Waals surface area contributed by atoms with Crippen molar-refractivity contribution >= 4 is 33.5 Å². The lowest BCUT2D eigenvalue weighted by Gasteiger charge is -2.25. The van der Waals surface area contributed by atoms with Crippen LogP contribution in [0.15, 0.2) is 59.5 Å².